The predicted molar refractivity (Wildman–Crippen MR) is 143 cm³/mol. The Balaban J connectivity index is 0.00000420. The number of hydrogen-bond donors (Lipinski definition) is 0. The maximum absolute atomic E-state index is 3.24. The van der Waals surface area contributed by atoms with Crippen LogP contribution in [0.25, 0.3) is 0 Å². The molecule has 0 atom stereocenters. The van der Waals surface area contributed by atoms with Gasteiger partial charge in [-0.3, -0.25) is 0 Å². The summed E-state index contributed by atoms with van der Waals surface area (Å²) in [5.41, 5.74) is 7.01. The molecule has 0 aliphatic heterocycles. The number of allylic oxidation sites excluding steroid dienone is 8. The summed E-state index contributed by atoms with van der Waals surface area (Å²) in [6.45, 7) is 11.9. The van der Waals surface area contributed by atoms with Crippen molar-refractivity contribution in [3.8, 4) is 0 Å². The molecule has 0 aromatic rings. The van der Waals surface area contributed by atoms with Crippen LogP contribution in [0.5, 0.6) is 0 Å². The van der Waals surface area contributed by atoms with Crippen LogP contribution in [-0.2, 0) is 17.1 Å². The fourth-order valence-electron chi connectivity index (χ4n) is 5.37. The van der Waals surface area contributed by atoms with E-state index in [0.717, 1.165) is 0 Å². The summed E-state index contributed by atoms with van der Waals surface area (Å²) in [4.78, 5) is 0. The standard InChI is InChI=1S/2C12H19.2CH3.2ClH.Hf.H2Si/c2*1-3-5-7-12-9-8-11(10-12)6-4-2;;;;;;/h2*10H,3-8H2,1-2H3;2*1H3;2*1H;;1H2. The van der Waals surface area contributed by atoms with Crippen LogP contribution in [0.15, 0.2) is 41.1 Å². The van der Waals surface area contributed by atoms with Crippen LogP contribution in [0.4, 0.5) is 0 Å². The molecule has 2 aliphatic rings. The molecule has 0 N–H and O–H groups in total. The Labute approximate surface area is 202 Å². The molecule has 2 aliphatic carbocycles. The zero-order chi connectivity index (χ0) is 20.8. The van der Waals surface area contributed by atoms with Crippen molar-refractivity contribution in [2.75, 3.05) is 0 Å². The number of hydrogen-bond acceptors (Lipinski definition) is 0. The van der Waals surface area contributed by atoms with Gasteiger partial charge in [-0.05, 0) is 0 Å². The summed E-state index contributed by atoms with van der Waals surface area (Å²) in [6.07, 6.45) is 21.1. The van der Waals surface area contributed by atoms with Crippen LogP contribution in [-0.4, -0.2) is 6.94 Å². The maximum Gasteiger partial charge on any atom is -0.147 e. The van der Waals surface area contributed by atoms with Crippen molar-refractivity contribution >= 4 is 31.8 Å². The Bertz CT molecular complexity index is 704. The molecule has 0 heterocycles. The molecule has 30 heavy (non-hydrogen) atoms. The Kier molecular flexibility index (Phi) is 13.6. The van der Waals surface area contributed by atoms with Gasteiger partial charge in [0.1, 0.15) is 0 Å². The van der Waals surface area contributed by atoms with Crippen LogP contribution in [0.3, 0.4) is 0 Å². The molecule has 0 saturated heterocycles. The molecule has 0 spiro atoms. The summed E-state index contributed by atoms with van der Waals surface area (Å²) in [7, 11) is 0. The average molecular weight is 638 g/mol. The zero-order valence-electron chi connectivity index (χ0n) is 20.7. The second-order valence-corrected chi connectivity index (χ2v) is 51.4. The van der Waals surface area contributed by atoms with E-state index in [1.807, 2.05) is 6.66 Å². The molecule has 0 nitrogen and oxygen atoms in total. The minimum Gasteiger partial charge on any atom is -0.147 e. The van der Waals surface area contributed by atoms with E-state index in [0.29, 0.717) is 0 Å². The first-order valence-corrected chi connectivity index (χ1v) is 31.3. The van der Waals surface area contributed by atoms with Gasteiger partial charge in [0.05, 0.1) is 0 Å². The van der Waals surface area contributed by atoms with Crippen molar-refractivity contribution in [2.45, 2.75) is 114 Å². The minimum atomic E-state index is -3.24. The fourth-order valence-corrected chi connectivity index (χ4v) is 27.0. The molecule has 4 heteroatoms. The van der Waals surface area contributed by atoms with Crippen molar-refractivity contribution in [3.63, 3.8) is 0 Å². The van der Waals surface area contributed by atoms with Gasteiger partial charge in [0.2, 0.25) is 0 Å². The van der Waals surface area contributed by atoms with Gasteiger partial charge < -0.3 is 0 Å². The molecular formula is C26H48Cl2HfSi. The summed E-state index contributed by atoms with van der Waals surface area (Å²) in [6, 6.07) is 0. The van der Waals surface area contributed by atoms with Gasteiger partial charge in [-0.1, -0.05) is 0 Å². The summed E-state index contributed by atoms with van der Waals surface area (Å²) < 4.78 is 9.48. The van der Waals surface area contributed by atoms with Crippen LogP contribution in [0.2, 0.25) is 9.36 Å². The van der Waals surface area contributed by atoms with Crippen molar-refractivity contribution in [3.05, 3.63) is 41.1 Å². The normalized spacial score (nSPS) is 17.0. The summed E-state index contributed by atoms with van der Waals surface area (Å²) >= 11 is -3.24. The molecule has 0 fully saturated rings. The molecule has 0 bridgehead atoms. The number of unbranched alkanes of at least 4 members (excludes halogenated alkanes) is 2. The smallest absolute Gasteiger partial charge is 0.147 e. The van der Waals surface area contributed by atoms with Crippen molar-refractivity contribution in [2.24, 2.45) is 0 Å². The van der Waals surface area contributed by atoms with Gasteiger partial charge in [-0.15, -0.1) is 24.8 Å². The third kappa shape index (κ3) is 7.32. The van der Waals surface area contributed by atoms with Crippen molar-refractivity contribution in [1.82, 2.24) is 0 Å². The van der Waals surface area contributed by atoms with Crippen molar-refractivity contribution < 1.29 is 17.1 Å². The molecule has 0 unspecified atom stereocenters. The number of halogens is 2. The third-order valence-corrected chi connectivity index (χ3v) is 31.5. The molecule has 174 valence electrons. The molecular weight excluding hydrogens is 590 g/mol. The average Bonchev–Trinajstić information content (AvgIpc) is 3.24. The SMILES string of the molecule is CCCCC1=[C]([Hf]([CH3])([CH3])(=[SiH2])[C]2=C(CCCC)C=C(CCC)C2)CC(CCC)=C1.Cl.Cl. The molecule has 2 rings (SSSR count). The van der Waals surface area contributed by atoms with Crippen LogP contribution in [0, 0.1) is 0 Å². The van der Waals surface area contributed by atoms with Gasteiger partial charge in [0.25, 0.3) is 0 Å². The quantitative estimate of drug-likeness (QED) is 0.187. The van der Waals surface area contributed by atoms with Gasteiger partial charge in [-0.25, -0.2) is 0 Å². The van der Waals surface area contributed by atoms with E-state index in [1.165, 1.54) is 77.0 Å². The molecule has 0 radical (unpaired) electrons. The molecule has 0 aromatic heterocycles. The predicted octanol–water partition coefficient (Wildman–Crippen LogP) is 9.31. The topological polar surface area (TPSA) is 0 Å². The first-order valence-electron chi connectivity index (χ1n) is 12.2. The number of rotatable bonds is 12. The fraction of sp³-hybridized carbons (Fsp3) is 0.692. The first-order chi connectivity index (χ1) is 13.3. The van der Waals surface area contributed by atoms with Gasteiger partial charge >= 0.3 is 179 Å². The Morgan fingerprint density at radius 2 is 1.03 bits per heavy atom. The van der Waals surface area contributed by atoms with E-state index < -0.39 is 17.1 Å². The minimum absolute atomic E-state index is 0. The Morgan fingerprint density at radius 3 is 1.33 bits per heavy atom. The second-order valence-electron chi connectivity index (χ2n) is 10.4. The van der Waals surface area contributed by atoms with E-state index in [1.54, 1.807) is 22.3 Å². The van der Waals surface area contributed by atoms with Crippen LogP contribution < -0.4 is 0 Å². The van der Waals surface area contributed by atoms with Crippen LogP contribution in [0.1, 0.15) is 105 Å². The van der Waals surface area contributed by atoms with Gasteiger partial charge in [0.15, 0.2) is 0 Å². The van der Waals surface area contributed by atoms with E-state index in [-0.39, 0.29) is 24.8 Å². The van der Waals surface area contributed by atoms with E-state index in [4.69, 9.17) is 0 Å². The summed E-state index contributed by atoms with van der Waals surface area (Å²) in [5, 5.41) is 0. The molecule has 0 saturated carbocycles. The third-order valence-electron chi connectivity index (χ3n) is 7.02. The monoisotopic (exact) mass is 638 g/mol. The van der Waals surface area contributed by atoms with E-state index >= 15 is 0 Å². The maximum atomic E-state index is 2.78. The van der Waals surface area contributed by atoms with E-state index in [9.17, 15) is 0 Å². The Morgan fingerprint density at radius 1 is 0.667 bits per heavy atom. The first kappa shape index (κ1) is 30.6. The largest absolute Gasteiger partial charge is 0.147 e. The Hall–Kier alpha value is 0.627. The van der Waals surface area contributed by atoms with Gasteiger partial charge in [-0.2, -0.15) is 0 Å². The van der Waals surface area contributed by atoms with E-state index in [2.05, 4.69) is 56.1 Å². The van der Waals surface area contributed by atoms with Gasteiger partial charge in [0, 0.05) is 0 Å². The van der Waals surface area contributed by atoms with Crippen molar-refractivity contribution in [1.29, 1.82) is 0 Å². The second kappa shape index (κ2) is 13.4. The molecule has 0 amide bonds. The summed E-state index contributed by atoms with van der Waals surface area (Å²) in [5.74, 6) is 0. The molecule has 0 aromatic carbocycles. The van der Waals surface area contributed by atoms with Crippen LogP contribution >= 0.6 is 24.8 Å². The zero-order valence-corrected chi connectivity index (χ0v) is 27.3.